The molecule has 0 spiro atoms. The third-order valence-electron chi connectivity index (χ3n) is 4.36. The Morgan fingerprint density at radius 3 is 2.72 bits per heavy atom. The number of primary amides is 1. The smallest absolute Gasteiger partial charge is 0.256 e. The van der Waals surface area contributed by atoms with Gasteiger partial charge in [0.05, 0.1) is 15.3 Å². The summed E-state index contributed by atoms with van der Waals surface area (Å²) in [5, 5.41) is 4.72. The summed E-state index contributed by atoms with van der Waals surface area (Å²) in [6, 6.07) is 9.63. The zero-order valence-electron chi connectivity index (χ0n) is 13.7. The number of nitrogens with zero attached hydrogens (tertiary/aromatic N) is 1. The molecule has 1 saturated heterocycles. The van der Waals surface area contributed by atoms with Crippen LogP contribution in [0.3, 0.4) is 0 Å². The number of amides is 2. The van der Waals surface area contributed by atoms with E-state index in [1.807, 2.05) is 29.6 Å². The van der Waals surface area contributed by atoms with Gasteiger partial charge in [0.25, 0.3) is 5.91 Å². The van der Waals surface area contributed by atoms with Crippen molar-refractivity contribution in [1.29, 1.82) is 0 Å². The standard InChI is InChI=1S/C18H20BrN3O2S/c19-16-8-14(11-25-16)18(24)21-15-5-3-12(4-6-15)9-22-7-1-2-13(10-22)17(20)23/h3-6,8,11,13H,1-2,7,9-10H2,(H2,20,23)(H,21,24)/t13-/m0/s1. The zero-order valence-corrected chi connectivity index (χ0v) is 16.1. The number of nitrogens with one attached hydrogen (secondary N) is 1. The number of likely N-dealkylation sites (tertiary alicyclic amines) is 1. The van der Waals surface area contributed by atoms with Gasteiger partial charge in [-0.15, -0.1) is 11.3 Å². The van der Waals surface area contributed by atoms with Gasteiger partial charge < -0.3 is 11.1 Å². The van der Waals surface area contributed by atoms with Gasteiger partial charge in [-0.05, 0) is 59.1 Å². The van der Waals surface area contributed by atoms with Crippen molar-refractivity contribution in [2.75, 3.05) is 18.4 Å². The second-order valence-electron chi connectivity index (χ2n) is 6.27. The fourth-order valence-corrected chi connectivity index (χ4v) is 4.15. The Labute approximate surface area is 159 Å². The number of hydrogen-bond acceptors (Lipinski definition) is 4. The Morgan fingerprint density at radius 2 is 2.08 bits per heavy atom. The fraction of sp³-hybridized carbons (Fsp3) is 0.333. The van der Waals surface area contributed by atoms with Crippen LogP contribution in [0.25, 0.3) is 0 Å². The first-order valence-corrected chi connectivity index (χ1v) is 9.84. The van der Waals surface area contributed by atoms with Gasteiger partial charge in [0.2, 0.25) is 5.91 Å². The monoisotopic (exact) mass is 421 g/mol. The summed E-state index contributed by atoms with van der Waals surface area (Å²) in [4.78, 5) is 25.8. The summed E-state index contributed by atoms with van der Waals surface area (Å²) in [6.45, 7) is 2.49. The molecule has 1 aromatic heterocycles. The summed E-state index contributed by atoms with van der Waals surface area (Å²) in [7, 11) is 0. The number of hydrogen-bond donors (Lipinski definition) is 2. The highest BCUT2D eigenvalue weighted by Gasteiger charge is 2.23. The molecule has 7 heteroatoms. The third kappa shape index (κ3) is 4.90. The lowest BCUT2D eigenvalue weighted by atomic mass is 9.97. The van der Waals surface area contributed by atoms with Crippen LogP contribution in [-0.2, 0) is 11.3 Å². The number of rotatable bonds is 5. The normalized spacial score (nSPS) is 18.0. The minimum absolute atomic E-state index is 0.0442. The van der Waals surface area contributed by atoms with Gasteiger partial charge in [-0.1, -0.05) is 12.1 Å². The first kappa shape index (κ1) is 18.1. The van der Waals surface area contributed by atoms with Crippen molar-refractivity contribution in [3.8, 4) is 0 Å². The highest BCUT2D eigenvalue weighted by atomic mass is 79.9. The molecule has 1 aliphatic heterocycles. The van der Waals surface area contributed by atoms with E-state index in [1.165, 1.54) is 11.3 Å². The molecule has 3 rings (SSSR count). The van der Waals surface area contributed by atoms with Crippen LogP contribution in [0.15, 0.2) is 39.5 Å². The second-order valence-corrected chi connectivity index (χ2v) is 8.56. The average molecular weight is 422 g/mol. The Balaban J connectivity index is 1.57. The average Bonchev–Trinajstić information content (AvgIpc) is 3.03. The number of piperidine rings is 1. The maximum absolute atomic E-state index is 12.2. The molecule has 2 amide bonds. The molecule has 0 aliphatic carbocycles. The third-order valence-corrected chi connectivity index (χ3v) is 5.86. The largest absolute Gasteiger partial charge is 0.369 e. The topological polar surface area (TPSA) is 75.4 Å². The van der Waals surface area contributed by atoms with Gasteiger partial charge in [0, 0.05) is 24.2 Å². The summed E-state index contributed by atoms with van der Waals surface area (Å²) in [6.07, 6.45) is 1.88. The molecule has 3 N–H and O–H groups in total. The lowest BCUT2D eigenvalue weighted by Gasteiger charge is -2.31. The molecule has 1 fully saturated rings. The number of halogens is 1. The van der Waals surface area contributed by atoms with Crippen molar-refractivity contribution in [2.24, 2.45) is 11.7 Å². The maximum Gasteiger partial charge on any atom is 0.256 e. The highest BCUT2D eigenvalue weighted by molar-refractivity contribution is 9.11. The van der Waals surface area contributed by atoms with Crippen LogP contribution < -0.4 is 11.1 Å². The highest BCUT2D eigenvalue weighted by Crippen LogP contribution is 2.22. The number of nitrogens with two attached hydrogens (primary N) is 1. The Bertz CT molecular complexity index is 760. The van der Waals surface area contributed by atoms with E-state index < -0.39 is 0 Å². The minimum atomic E-state index is -0.206. The lowest BCUT2D eigenvalue weighted by Crippen LogP contribution is -2.40. The zero-order chi connectivity index (χ0) is 17.8. The summed E-state index contributed by atoms with van der Waals surface area (Å²) < 4.78 is 0.934. The number of carbonyl (C=O) groups excluding carboxylic acids is 2. The van der Waals surface area contributed by atoms with Gasteiger partial charge in [-0.3, -0.25) is 14.5 Å². The van der Waals surface area contributed by atoms with Crippen LogP contribution in [0.5, 0.6) is 0 Å². The van der Waals surface area contributed by atoms with Gasteiger partial charge in [-0.25, -0.2) is 0 Å². The van der Waals surface area contributed by atoms with E-state index in [2.05, 4.69) is 26.1 Å². The number of anilines is 1. The van der Waals surface area contributed by atoms with Crippen LogP contribution >= 0.6 is 27.3 Å². The summed E-state index contributed by atoms with van der Waals surface area (Å²) in [5.41, 5.74) is 8.00. The van der Waals surface area contributed by atoms with Crippen molar-refractivity contribution in [3.63, 3.8) is 0 Å². The predicted molar refractivity (Wildman–Crippen MR) is 104 cm³/mol. The van der Waals surface area contributed by atoms with Crippen LogP contribution in [-0.4, -0.2) is 29.8 Å². The van der Waals surface area contributed by atoms with Crippen LogP contribution in [0.4, 0.5) is 5.69 Å². The molecule has 5 nitrogen and oxygen atoms in total. The number of carbonyl (C=O) groups is 2. The fourth-order valence-electron chi connectivity index (χ4n) is 3.02. The van der Waals surface area contributed by atoms with Crippen LogP contribution in [0.1, 0.15) is 28.8 Å². The molecule has 2 aromatic rings. The Hall–Kier alpha value is -1.70. The minimum Gasteiger partial charge on any atom is -0.369 e. The van der Waals surface area contributed by atoms with Crippen molar-refractivity contribution < 1.29 is 9.59 Å². The molecular weight excluding hydrogens is 402 g/mol. The first-order chi connectivity index (χ1) is 12.0. The number of thiophene rings is 1. The molecule has 1 aromatic carbocycles. The number of benzene rings is 1. The molecule has 132 valence electrons. The SMILES string of the molecule is NC(=O)[C@H]1CCCN(Cc2ccc(NC(=O)c3csc(Br)c3)cc2)C1. The molecule has 0 radical (unpaired) electrons. The van der Waals surface area contributed by atoms with E-state index in [0.29, 0.717) is 5.56 Å². The van der Waals surface area contributed by atoms with Gasteiger partial charge in [-0.2, -0.15) is 0 Å². The molecule has 0 bridgehead atoms. The molecule has 0 unspecified atom stereocenters. The predicted octanol–water partition coefficient (Wildman–Crippen LogP) is 3.46. The first-order valence-electron chi connectivity index (χ1n) is 8.17. The van der Waals surface area contributed by atoms with E-state index in [0.717, 1.165) is 47.5 Å². The van der Waals surface area contributed by atoms with E-state index in [-0.39, 0.29) is 17.7 Å². The molecule has 1 atom stereocenters. The lowest BCUT2D eigenvalue weighted by molar-refractivity contribution is -0.123. The van der Waals surface area contributed by atoms with Gasteiger partial charge in [0.15, 0.2) is 0 Å². The van der Waals surface area contributed by atoms with Crippen molar-refractivity contribution >= 4 is 44.8 Å². The summed E-state index contributed by atoms with van der Waals surface area (Å²) in [5.74, 6) is -0.366. The molecule has 25 heavy (non-hydrogen) atoms. The second kappa shape index (κ2) is 8.12. The van der Waals surface area contributed by atoms with Crippen molar-refractivity contribution in [1.82, 2.24) is 4.90 Å². The Kier molecular flexibility index (Phi) is 5.88. The van der Waals surface area contributed by atoms with Crippen molar-refractivity contribution in [3.05, 3.63) is 50.6 Å². The van der Waals surface area contributed by atoms with Gasteiger partial charge in [0.1, 0.15) is 0 Å². The summed E-state index contributed by atoms with van der Waals surface area (Å²) >= 11 is 4.85. The van der Waals surface area contributed by atoms with E-state index >= 15 is 0 Å². The van der Waals surface area contributed by atoms with Crippen molar-refractivity contribution in [2.45, 2.75) is 19.4 Å². The molecule has 1 aliphatic rings. The van der Waals surface area contributed by atoms with Crippen LogP contribution in [0.2, 0.25) is 0 Å². The Morgan fingerprint density at radius 1 is 1.32 bits per heavy atom. The van der Waals surface area contributed by atoms with E-state index in [1.54, 1.807) is 6.07 Å². The molecule has 2 heterocycles. The van der Waals surface area contributed by atoms with E-state index in [4.69, 9.17) is 5.73 Å². The van der Waals surface area contributed by atoms with Gasteiger partial charge >= 0.3 is 0 Å². The maximum atomic E-state index is 12.2. The van der Waals surface area contributed by atoms with E-state index in [9.17, 15) is 9.59 Å². The quantitative estimate of drug-likeness (QED) is 0.775. The van der Waals surface area contributed by atoms with Crippen LogP contribution in [0, 0.1) is 5.92 Å². The molecular formula is C18H20BrN3O2S. The molecule has 0 saturated carbocycles.